The molecule has 1 aliphatic rings. The van der Waals surface area contributed by atoms with E-state index >= 15 is 0 Å². The molecule has 2 rings (SSSR count). The van der Waals surface area contributed by atoms with E-state index in [1.807, 2.05) is 0 Å². The van der Waals surface area contributed by atoms with Gasteiger partial charge >= 0.3 is 0 Å². The quantitative estimate of drug-likeness (QED) is 0.575. The molecule has 1 fully saturated rings. The van der Waals surface area contributed by atoms with Gasteiger partial charge in [0.15, 0.2) is 11.5 Å². The predicted octanol–water partition coefficient (Wildman–Crippen LogP) is 2.13. The second-order valence-electron chi connectivity index (χ2n) is 6.85. The molecule has 1 unspecified atom stereocenters. The van der Waals surface area contributed by atoms with E-state index in [2.05, 4.69) is 10.0 Å². The van der Waals surface area contributed by atoms with Crippen molar-refractivity contribution >= 4 is 34.0 Å². The summed E-state index contributed by atoms with van der Waals surface area (Å²) in [7, 11) is -0.733. The minimum Gasteiger partial charge on any atom is -0.493 e. The first-order valence-corrected chi connectivity index (χ1v) is 10.9. The average molecular weight is 436 g/mol. The van der Waals surface area contributed by atoms with E-state index in [-0.39, 0.29) is 47.1 Å². The lowest BCUT2D eigenvalue weighted by Crippen LogP contribution is -2.45. The molecule has 1 aromatic rings. The molecule has 0 aliphatic heterocycles. The molecule has 4 N–H and O–H groups in total. The van der Waals surface area contributed by atoms with Gasteiger partial charge in [0.1, 0.15) is 0 Å². The molecule has 1 atom stereocenters. The summed E-state index contributed by atoms with van der Waals surface area (Å²) in [4.78, 5) is 12.8. The first kappa shape index (κ1) is 24.3. The van der Waals surface area contributed by atoms with E-state index in [0.29, 0.717) is 12.5 Å². The minimum absolute atomic E-state index is 0. The SMILES string of the molecule is COc1cc(C(=O)NC(CN)C2CCCCC2)cc(NS(C)(=O)=O)c1OC.Cl. The van der Waals surface area contributed by atoms with Gasteiger partial charge in [-0.1, -0.05) is 19.3 Å². The van der Waals surface area contributed by atoms with Gasteiger partial charge in [-0.05, 0) is 30.9 Å². The molecule has 28 heavy (non-hydrogen) atoms. The third-order valence-electron chi connectivity index (χ3n) is 4.83. The first-order chi connectivity index (χ1) is 12.8. The Labute approximate surface area is 173 Å². The predicted molar refractivity (Wildman–Crippen MR) is 112 cm³/mol. The summed E-state index contributed by atoms with van der Waals surface area (Å²) >= 11 is 0. The Bertz CT molecular complexity index is 767. The van der Waals surface area contributed by atoms with Crippen molar-refractivity contribution in [1.29, 1.82) is 0 Å². The maximum absolute atomic E-state index is 12.8. The van der Waals surface area contributed by atoms with Crippen molar-refractivity contribution in [3.63, 3.8) is 0 Å². The summed E-state index contributed by atoms with van der Waals surface area (Å²) in [6.45, 7) is 0.359. The van der Waals surface area contributed by atoms with Gasteiger partial charge in [-0.2, -0.15) is 0 Å². The van der Waals surface area contributed by atoms with E-state index in [1.165, 1.54) is 32.8 Å². The van der Waals surface area contributed by atoms with Crippen molar-refractivity contribution in [1.82, 2.24) is 5.32 Å². The lowest BCUT2D eigenvalue weighted by Gasteiger charge is -2.30. The van der Waals surface area contributed by atoms with Crippen molar-refractivity contribution in [3.05, 3.63) is 17.7 Å². The molecule has 0 saturated heterocycles. The Kier molecular flexibility index (Phi) is 9.32. The number of anilines is 1. The third kappa shape index (κ3) is 6.42. The number of carbonyl (C=O) groups excluding carboxylic acids is 1. The zero-order valence-corrected chi connectivity index (χ0v) is 18.1. The average Bonchev–Trinajstić information content (AvgIpc) is 2.64. The molecule has 1 aromatic carbocycles. The van der Waals surface area contributed by atoms with Gasteiger partial charge in [-0.15, -0.1) is 12.4 Å². The summed E-state index contributed by atoms with van der Waals surface area (Å²) in [5, 5.41) is 2.99. The highest BCUT2D eigenvalue weighted by molar-refractivity contribution is 7.92. The lowest BCUT2D eigenvalue weighted by molar-refractivity contribution is 0.0915. The van der Waals surface area contributed by atoms with Gasteiger partial charge in [0, 0.05) is 18.2 Å². The number of rotatable bonds is 8. The normalized spacial score (nSPS) is 15.9. The molecule has 8 nitrogen and oxygen atoms in total. The number of benzene rings is 1. The standard InChI is InChI=1S/C18H29N3O5S.ClH/c1-25-16-10-13(9-14(17(16)26-2)21-27(3,23)24)18(22)20-15(11-19)12-7-5-4-6-8-12;/h9-10,12,15,21H,4-8,11,19H2,1-3H3,(H,20,22);1H. The first-order valence-electron chi connectivity index (χ1n) is 9.03. The van der Waals surface area contributed by atoms with Crippen molar-refractivity contribution in [3.8, 4) is 11.5 Å². The van der Waals surface area contributed by atoms with Gasteiger partial charge in [0.05, 0.1) is 26.2 Å². The smallest absolute Gasteiger partial charge is 0.251 e. The fourth-order valence-electron chi connectivity index (χ4n) is 3.53. The molecule has 0 heterocycles. The number of carbonyl (C=O) groups is 1. The highest BCUT2D eigenvalue weighted by Gasteiger charge is 2.25. The van der Waals surface area contributed by atoms with E-state index in [0.717, 1.165) is 31.9 Å². The maximum atomic E-state index is 12.8. The summed E-state index contributed by atoms with van der Waals surface area (Å²) in [5.41, 5.74) is 6.31. The highest BCUT2D eigenvalue weighted by Crippen LogP contribution is 2.37. The number of nitrogens with one attached hydrogen (secondary N) is 2. The molecule has 1 aliphatic carbocycles. The van der Waals surface area contributed by atoms with Crippen LogP contribution in [0.4, 0.5) is 5.69 Å². The molecule has 0 radical (unpaired) electrons. The van der Waals surface area contributed by atoms with Crippen LogP contribution < -0.4 is 25.2 Å². The maximum Gasteiger partial charge on any atom is 0.251 e. The second-order valence-corrected chi connectivity index (χ2v) is 8.60. The lowest BCUT2D eigenvalue weighted by atomic mass is 9.84. The van der Waals surface area contributed by atoms with Gasteiger partial charge in [-0.25, -0.2) is 8.42 Å². The largest absolute Gasteiger partial charge is 0.493 e. The molecule has 1 amide bonds. The Morgan fingerprint density at radius 3 is 2.36 bits per heavy atom. The monoisotopic (exact) mass is 435 g/mol. The Balaban J connectivity index is 0.00000392. The Morgan fingerprint density at radius 2 is 1.86 bits per heavy atom. The number of halogens is 1. The van der Waals surface area contributed by atoms with Gasteiger partial charge in [0.2, 0.25) is 10.0 Å². The van der Waals surface area contributed by atoms with E-state index < -0.39 is 10.0 Å². The summed E-state index contributed by atoms with van der Waals surface area (Å²) < 4.78 is 36.2. The van der Waals surface area contributed by atoms with Crippen molar-refractivity contribution < 1.29 is 22.7 Å². The number of amides is 1. The van der Waals surface area contributed by atoms with Crippen LogP contribution in [0.2, 0.25) is 0 Å². The Morgan fingerprint density at radius 1 is 1.21 bits per heavy atom. The zero-order chi connectivity index (χ0) is 20.0. The van der Waals surface area contributed by atoms with E-state index in [1.54, 1.807) is 0 Å². The zero-order valence-electron chi connectivity index (χ0n) is 16.5. The number of hydrogen-bond acceptors (Lipinski definition) is 6. The minimum atomic E-state index is -3.56. The molecule has 0 aromatic heterocycles. The van der Waals surface area contributed by atoms with Crippen LogP contribution in [0.15, 0.2) is 12.1 Å². The second kappa shape index (κ2) is 10.7. The van der Waals surface area contributed by atoms with Crippen molar-refractivity contribution in [2.24, 2.45) is 11.7 Å². The van der Waals surface area contributed by atoms with Crippen LogP contribution in [0.1, 0.15) is 42.5 Å². The summed E-state index contributed by atoms with van der Waals surface area (Å²) in [5.74, 6) is 0.510. The van der Waals surface area contributed by atoms with Gasteiger partial charge in [0.25, 0.3) is 5.91 Å². The molecule has 0 spiro atoms. The number of methoxy groups -OCH3 is 2. The van der Waals surface area contributed by atoms with E-state index in [9.17, 15) is 13.2 Å². The highest BCUT2D eigenvalue weighted by atomic mass is 35.5. The number of nitrogens with two attached hydrogens (primary N) is 1. The summed E-state index contributed by atoms with van der Waals surface area (Å²) in [6, 6.07) is 2.85. The van der Waals surface area contributed by atoms with Crippen LogP contribution in [0, 0.1) is 5.92 Å². The van der Waals surface area contributed by atoms with Gasteiger partial charge in [-0.3, -0.25) is 9.52 Å². The van der Waals surface area contributed by atoms with Crippen LogP contribution in [0.25, 0.3) is 0 Å². The Hall–Kier alpha value is -1.71. The topological polar surface area (TPSA) is 120 Å². The van der Waals surface area contributed by atoms with Crippen LogP contribution in [0.5, 0.6) is 11.5 Å². The number of sulfonamides is 1. The van der Waals surface area contributed by atoms with E-state index in [4.69, 9.17) is 15.2 Å². The fourth-order valence-corrected chi connectivity index (χ4v) is 4.08. The number of ether oxygens (including phenoxy) is 2. The molecule has 0 bridgehead atoms. The third-order valence-corrected chi connectivity index (χ3v) is 5.42. The van der Waals surface area contributed by atoms with Crippen LogP contribution in [-0.4, -0.2) is 47.4 Å². The number of hydrogen-bond donors (Lipinski definition) is 3. The molecule has 10 heteroatoms. The van der Waals surface area contributed by atoms with Gasteiger partial charge < -0.3 is 20.5 Å². The van der Waals surface area contributed by atoms with Crippen molar-refractivity contribution in [2.75, 3.05) is 31.7 Å². The molecular formula is C18H30ClN3O5S. The molecule has 160 valence electrons. The fraction of sp³-hybridized carbons (Fsp3) is 0.611. The van der Waals surface area contributed by atoms with Crippen LogP contribution in [-0.2, 0) is 10.0 Å². The molecular weight excluding hydrogens is 406 g/mol. The summed E-state index contributed by atoms with van der Waals surface area (Å²) in [6.07, 6.45) is 6.65. The van der Waals surface area contributed by atoms with Crippen LogP contribution in [0.3, 0.4) is 0 Å². The molecule has 1 saturated carbocycles. The van der Waals surface area contributed by atoms with Crippen molar-refractivity contribution in [2.45, 2.75) is 38.1 Å². The van der Waals surface area contributed by atoms with Crippen LogP contribution >= 0.6 is 12.4 Å².